The van der Waals surface area contributed by atoms with Gasteiger partial charge in [0, 0.05) is 6.54 Å². The smallest absolute Gasteiger partial charge is 0.123 e. The fourth-order valence-electron chi connectivity index (χ4n) is 3.13. The number of hydrogen-bond donors (Lipinski definition) is 0. The molecule has 0 spiro atoms. The average molecular weight is 313 g/mol. The van der Waals surface area contributed by atoms with Gasteiger partial charge in [0.25, 0.3) is 0 Å². The zero-order valence-corrected chi connectivity index (χ0v) is 13.5. The molecule has 3 rings (SSSR count). The Bertz CT molecular complexity index is 578. The Kier molecular flexibility index (Phi) is 5.78. The van der Waals surface area contributed by atoms with Crippen LogP contribution in [0.2, 0.25) is 0 Å². The zero-order chi connectivity index (χ0) is 15.9. The van der Waals surface area contributed by atoms with E-state index in [0.29, 0.717) is 6.61 Å². The number of rotatable bonds is 6. The van der Waals surface area contributed by atoms with Crippen molar-refractivity contribution in [2.24, 2.45) is 0 Å². The van der Waals surface area contributed by atoms with Crippen molar-refractivity contribution < 1.29 is 9.13 Å². The van der Waals surface area contributed by atoms with E-state index in [2.05, 4.69) is 17.0 Å². The van der Waals surface area contributed by atoms with Gasteiger partial charge in [0.05, 0.1) is 6.61 Å². The van der Waals surface area contributed by atoms with Gasteiger partial charge in [-0.05, 0) is 49.2 Å². The molecule has 2 nitrogen and oxygen atoms in total. The van der Waals surface area contributed by atoms with Crippen LogP contribution in [0.4, 0.5) is 4.39 Å². The summed E-state index contributed by atoms with van der Waals surface area (Å²) in [5.41, 5.74) is 2.11. The first kappa shape index (κ1) is 16.2. The Morgan fingerprint density at radius 1 is 0.870 bits per heavy atom. The topological polar surface area (TPSA) is 12.5 Å². The predicted molar refractivity (Wildman–Crippen MR) is 90.9 cm³/mol. The number of benzene rings is 2. The maximum Gasteiger partial charge on any atom is 0.123 e. The quantitative estimate of drug-likeness (QED) is 0.783. The summed E-state index contributed by atoms with van der Waals surface area (Å²) < 4.78 is 19.4. The van der Waals surface area contributed by atoms with Crippen LogP contribution in [0.3, 0.4) is 0 Å². The van der Waals surface area contributed by atoms with Crippen LogP contribution in [-0.2, 0) is 4.74 Å². The molecule has 1 unspecified atom stereocenters. The molecule has 0 aromatic heterocycles. The van der Waals surface area contributed by atoms with Gasteiger partial charge in [-0.15, -0.1) is 0 Å². The van der Waals surface area contributed by atoms with Crippen molar-refractivity contribution >= 4 is 0 Å². The van der Waals surface area contributed by atoms with E-state index < -0.39 is 0 Å². The summed E-state index contributed by atoms with van der Waals surface area (Å²) in [6.45, 7) is 4.01. The lowest BCUT2D eigenvalue weighted by atomic mass is 10.0. The van der Waals surface area contributed by atoms with E-state index in [9.17, 15) is 4.39 Å². The molecule has 0 radical (unpaired) electrons. The monoisotopic (exact) mass is 313 g/mol. The molecule has 1 saturated heterocycles. The van der Waals surface area contributed by atoms with Gasteiger partial charge in [-0.25, -0.2) is 4.39 Å². The summed E-state index contributed by atoms with van der Waals surface area (Å²) in [6.07, 6.45) is 3.79. The lowest BCUT2D eigenvalue weighted by Crippen LogP contribution is -2.33. The summed E-state index contributed by atoms with van der Waals surface area (Å²) in [5.74, 6) is -0.214. The van der Waals surface area contributed by atoms with Crippen LogP contribution in [0.1, 0.15) is 36.5 Å². The van der Waals surface area contributed by atoms with Gasteiger partial charge in [-0.3, -0.25) is 0 Å². The van der Waals surface area contributed by atoms with Crippen molar-refractivity contribution in [2.75, 3.05) is 26.2 Å². The molecular weight excluding hydrogens is 289 g/mol. The molecule has 1 atom stereocenters. The summed E-state index contributed by atoms with van der Waals surface area (Å²) in [5, 5.41) is 0. The Labute approximate surface area is 137 Å². The van der Waals surface area contributed by atoms with Crippen LogP contribution in [0.5, 0.6) is 0 Å². The van der Waals surface area contributed by atoms with Crippen LogP contribution in [0.15, 0.2) is 54.6 Å². The largest absolute Gasteiger partial charge is 0.367 e. The minimum atomic E-state index is -0.214. The first-order chi connectivity index (χ1) is 11.3. The molecule has 1 fully saturated rings. The normalized spacial score (nSPS) is 17.1. The molecule has 0 bridgehead atoms. The Hall–Kier alpha value is -1.71. The second-order valence-corrected chi connectivity index (χ2v) is 6.12. The van der Waals surface area contributed by atoms with Crippen molar-refractivity contribution in [1.82, 2.24) is 4.90 Å². The lowest BCUT2D eigenvalue weighted by Gasteiger charge is -2.27. The number of hydrogen-bond acceptors (Lipinski definition) is 2. The van der Waals surface area contributed by atoms with E-state index in [-0.39, 0.29) is 11.9 Å². The Morgan fingerprint density at radius 3 is 2.22 bits per heavy atom. The van der Waals surface area contributed by atoms with Crippen molar-refractivity contribution in [2.45, 2.75) is 25.4 Å². The second kappa shape index (κ2) is 8.23. The number of halogens is 1. The molecule has 122 valence electrons. The molecule has 2 aromatic carbocycles. The maximum absolute atomic E-state index is 13.2. The summed E-state index contributed by atoms with van der Waals surface area (Å²) >= 11 is 0. The molecule has 0 N–H and O–H groups in total. The maximum atomic E-state index is 13.2. The Morgan fingerprint density at radius 2 is 1.52 bits per heavy atom. The highest BCUT2D eigenvalue weighted by Crippen LogP contribution is 2.26. The molecule has 0 amide bonds. The van der Waals surface area contributed by atoms with Gasteiger partial charge in [-0.2, -0.15) is 0 Å². The lowest BCUT2D eigenvalue weighted by molar-refractivity contribution is 0.0557. The molecule has 0 aliphatic carbocycles. The first-order valence-electron chi connectivity index (χ1n) is 8.47. The number of nitrogens with zero attached hydrogens (tertiary/aromatic N) is 1. The van der Waals surface area contributed by atoms with E-state index >= 15 is 0 Å². The summed E-state index contributed by atoms with van der Waals surface area (Å²) in [6, 6.07) is 16.8. The highest BCUT2D eigenvalue weighted by molar-refractivity contribution is 5.30. The molecule has 1 aliphatic heterocycles. The van der Waals surface area contributed by atoms with Gasteiger partial charge in [-0.1, -0.05) is 48.9 Å². The van der Waals surface area contributed by atoms with E-state index in [1.165, 1.54) is 44.5 Å². The van der Waals surface area contributed by atoms with Gasteiger partial charge < -0.3 is 9.64 Å². The van der Waals surface area contributed by atoms with Crippen LogP contribution in [0.25, 0.3) is 0 Å². The molecular formula is C20H24FNO. The predicted octanol–water partition coefficient (Wildman–Crippen LogP) is 4.42. The molecule has 1 heterocycles. The van der Waals surface area contributed by atoms with Crippen LogP contribution in [-0.4, -0.2) is 31.1 Å². The van der Waals surface area contributed by atoms with Crippen LogP contribution < -0.4 is 0 Å². The number of ether oxygens (including phenoxy) is 1. The summed E-state index contributed by atoms with van der Waals surface area (Å²) in [7, 11) is 0. The fourth-order valence-corrected chi connectivity index (χ4v) is 3.13. The average Bonchev–Trinajstić information content (AvgIpc) is 2.61. The Balaban J connectivity index is 1.66. The van der Waals surface area contributed by atoms with Crippen molar-refractivity contribution in [1.29, 1.82) is 0 Å². The molecule has 2 aromatic rings. The third kappa shape index (κ3) is 4.63. The number of likely N-dealkylation sites (tertiary alicyclic amines) is 1. The SMILES string of the molecule is Fc1ccc(C(OCCN2CCCCC2)c2ccccc2)cc1. The van der Waals surface area contributed by atoms with Gasteiger partial charge >= 0.3 is 0 Å². The molecule has 3 heteroatoms. The third-order valence-electron chi connectivity index (χ3n) is 4.42. The fraction of sp³-hybridized carbons (Fsp3) is 0.400. The third-order valence-corrected chi connectivity index (χ3v) is 4.42. The molecule has 1 aliphatic rings. The van der Waals surface area contributed by atoms with Gasteiger partial charge in [0.1, 0.15) is 11.9 Å². The van der Waals surface area contributed by atoms with Crippen LogP contribution >= 0.6 is 0 Å². The number of piperidine rings is 1. The zero-order valence-electron chi connectivity index (χ0n) is 13.5. The highest BCUT2D eigenvalue weighted by Gasteiger charge is 2.16. The van der Waals surface area contributed by atoms with Gasteiger partial charge in [0.15, 0.2) is 0 Å². The highest BCUT2D eigenvalue weighted by atomic mass is 19.1. The molecule has 23 heavy (non-hydrogen) atoms. The van der Waals surface area contributed by atoms with Crippen molar-refractivity contribution in [3.8, 4) is 0 Å². The minimum absolute atomic E-state index is 0.137. The van der Waals surface area contributed by atoms with E-state index in [4.69, 9.17) is 4.74 Å². The van der Waals surface area contributed by atoms with Crippen molar-refractivity contribution in [3.63, 3.8) is 0 Å². The standard InChI is InChI=1S/C20H24FNO/c21-19-11-9-18(10-12-19)20(17-7-3-1-4-8-17)23-16-15-22-13-5-2-6-14-22/h1,3-4,7-12,20H,2,5-6,13-16H2. The van der Waals surface area contributed by atoms with E-state index in [1.54, 1.807) is 0 Å². The minimum Gasteiger partial charge on any atom is -0.367 e. The van der Waals surface area contributed by atoms with E-state index in [0.717, 1.165) is 17.7 Å². The van der Waals surface area contributed by atoms with Crippen molar-refractivity contribution in [3.05, 3.63) is 71.5 Å². The van der Waals surface area contributed by atoms with E-state index in [1.807, 2.05) is 30.3 Å². The molecule has 0 saturated carbocycles. The first-order valence-corrected chi connectivity index (χ1v) is 8.47. The second-order valence-electron chi connectivity index (χ2n) is 6.12. The van der Waals surface area contributed by atoms with Crippen LogP contribution in [0, 0.1) is 5.82 Å². The summed E-state index contributed by atoms with van der Waals surface area (Å²) in [4.78, 5) is 2.47. The van der Waals surface area contributed by atoms with Gasteiger partial charge in [0.2, 0.25) is 0 Å².